The number of para-hydroxylation sites is 1. The van der Waals surface area contributed by atoms with Crippen molar-refractivity contribution in [2.24, 2.45) is 4.99 Å². The molecule has 0 radical (unpaired) electrons. The quantitative estimate of drug-likeness (QED) is 0.627. The number of benzene rings is 2. The van der Waals surface area contributed by atoms with Crippen molar-refractivity contribution in [2.75, 3.05) is 6.61 Å². The average molecular weight is 271 g/mol. The molecule has 2 rings (SSSR count). The van der Waals surface area contributed by atoms with Crippen LogP contribution >= 0.6 is 0 Å². The molecule has 0 aliphatic rings. The van der Waals surface area contributed by atoms with Gasteiger partial charge in [0.15, 0.2) is 0 Å². The summed E-state index contributed by atoms with van der Waals surface area (Å²) in [4.78, 5) is 15.9. The Bertz CT molecular complexity index is 638. The van der Waals surface area contributed by atoms with E-state index in [0.717, 1.165) is 0 Å². The third-order valence-electron chi connectivity index (χ3n) is 2.65. The minimum atomic E-state index is -0.414. The Morgan fingerprint density at radius 1 is 1.20 bits per heavy atom. The van der Waals surface area contributed by atoms with E-state index in [2.05, 4.69) is 4.99 Å². The highest BCUT2D eigenvalue weighted by atomic mass is 19.1. The van der Waals surface area contributed by atoms with Crippen molar-refractivity contribution in [1.29, 1.82) is 0 Å². The Morgan fingerprint density at radius 2 is 1.90 bits per heavy atom. The summed E-state index contributed by atoms with van der Waals surface area (Å²) in [5.74, 6) is -0.819. The van der Waals surface area contributed by atoms with Gasteiger partial charge in [-0.1, -0.05) is 30.3 Å². The van der Waals surface area contributed by atoms with Crippen LogP contribution in [-0.2, 0) is 4.74 Å². The largest absolute Gasteiger partial charge is 0.462 e. The molecule has 2 aromatic rings. The predicted molar refractivity (Wildman–Crippen MR) is 76.1 cm³/mol. The molecule has 0 bridgehead atoms. The molecule has 4 heteroatoms. The minimum Gasteiger partial charge on any atom is -0.462 e. The fraction of sp³-hybridized carbons (Fsp3) is 0.125. The number of halogens is 1. The lowest BCUT2D eigenvalue weighted by molar-refractivity contribution is 0.0526. The molecule has 0 fully saturated rings. The van der Waals surface area contributed by atoms with E-state index in [1.165, 1.54) is 12.3 Å². The summed E-state index contributed by atoms with van der Waals surface area (Å²) >= 11 is 0. The molecule has 0 saturated carbocycles. The maximum absolute atomic E-state index is 13.5. The molecule has 0 aliphatic carbocycles. The Morgan fingerprint density at radius 3 is 2.65 bits per heavy atom. The van der Waals surface area contributed by atoms with Gasteiger partial charge in [-0.15, -0.1) is 0 Å². The van der Waals surface area contributed by atoms with Gasteiger partial charge >= 0.3 is 5.97 Å². The Labute approximate surface area is 116 Å². The number of carbonyl (C=O) groups is 1. The zero-order chi connectivity index (χ0) is 14.4. The number of nitrogens with zero attached hydrogens (tertiary/aromatic N) is 1. The van der Waals surface area contributed by atoms with Crippen molar-refractivity contribution in [2.45, 2.75) is 6.92 Å². The van der Waals surface area contributed by atoms with Crippen molar-refractivity contribution >= 4 is 17.9 Å². The molecule has 0 aromatic heterocycles. The minimum absolute atomic E-state index is 0.228. The first-order valence-electron chi connectivity index (χ1n) is 6.27. The molecule has 3 nitrogen and oxygen atoms in total. The second kappa shape index (κ2) is 6.61. The van der Waals surface area contributed by atoms with Crippen molar-refractivity contribution in [1.82, 2.24) is 0 Å². The highest BCUT2D eigenvalue weighted by Gasteiger charge is 2.10. The van der Waals surface area contributed by atoms with Crippen LogP contribution in [0.3, 0.4) is 0 Å². The van der Waals surface area contributed by atoms with Gasteiger partial charge in [-0.2, -0.15) is 0 Å². The van der Waals surface area contributed by atoms with Crippen LogP contribution in [-0.4, -0.2) is 18.8 Å². The third-order valence-corrected chi connectivity index (χ3v) is 2.65. The Hall–Kier alpha value is -2.49. The van der Waals surface area contributed by atoms with E-state index < -0.39 is 11.8 Å². The van der Waals surface area contributed by atoms with E-state index in [4.69, 9.17) is 4.74 Å². The zero-order valence-electron chi connectivity index (χ0n) is 11.0. The maximum Gasteiger partial charge on any atom is 0.338 e. The van der Waals surface area contributed by atoms with E-state index in [1.54, 1.807) is 49.4 Å². The van der Waals surface area contributed by atoms with Gasteiger partial charge in [-0.05, 0) is 25.1 Å². The van der Waals surface area contributed by atoms with Gasteiger partial charge < -0.3 is 4.74 Å². The predicted octanol–water partition coefficient (Wildman–Crippen LogP) is 3.75. The lowest BCUT2D eigenvalue weighted by Crippen LogP contribution is -2.07. The van der Waals surface area contributed by atoms with E-state index in [0.29, 0.717) is 17.7 Å². The molecule has 20 heavy (non-hydrogen) atoms. The molecular formula is C16H14FNO2. The number of hydrogen-bond acceptors (Lipinski definition) is 3. The highest BCUT2D eigenvalue weighted by molar-refractivity contribution is 5.99. The van der Waals surface area contributed by atoms with Crippen LogP contribution < -0.4 is 0 Å². The fourth-order valence-electron chi connectivity index (χ4n) is 1.70. The van der Waals surface area contributed by atoms with Gasteiger partial charge in [0.1, 0.15) is 5.82 Å². The van der Waals surface area contributed by atoms with E-state index in [9.17, 15) is 9.18 Å². The SMILES string of the molecule is CCOC(=O)c1ccccc1C=Nc1ccccc1F. The second-order valence-electron chi connectivity index (χ2n) is 4.02. The summed E-state index contributed by atoms with van der Waals surface area (Å²) < 4.78 is 18.4. The number of esters is 1. The zero-order valence-corrected chi connectivity index (χ0v) is 11.0. The Kier molecular flexibility index (Phi) is 4.60. The smallest absolute Gasteiger partial charge is 0.338 e. The van der Waals surface area contributed by atoms with Crippen LogP contribution in [0, 0.1) is 5.82 Å². The monoisotopic (exact) mass is 271 g/mol. The van der Waals surface area contributed by atoms with Crippen molar-refractivity contribution in [3.05, 3.63) is 65.5 Å². The molecule has 0 N–H and O–H groups in total. The summed E-state index contributed by atoms with van der Waals surface area (Å²) in [6, 6.07) is 13.1. The molecule has 0 aliphatic heterocycles. The van der Waals surface area contributed by atoms with Gasteiger partial charge in [0, 0.05) is 11.8 Å². The summed E-state index contributed by atoms with van der Waals surface area (Å²) in [7, 11) is 0. The van der Waals surface area contributed by atoms with E-state index >= 15 is 0 Å². The van der Waals surface area contributed by atoms with Crippen LogP contribution in [0.25, 0.3) is 0 Å². The van der Waals surface area contributed by atoms with Gasteiger partial charge in [-0.3, -0.25) is 4.99 Å². The molecule has 0 heterocycles. The summed E-state index contributed by atoms with van der Waals surface area (Å²) in [6.45, 7) is 2.05. The van der Waals surface area contributed by atoms with Crippen molar-refractivity contribution in [3.8, 4) is 0 Å². The van der Waals surface area contributed by atoms with Gasteiger partial charge in [-0.25, -0.2) is 9.18 Å². The molecule has 0 unspecified atom stereocenters. The lowest BCUT2D eigenvalue weighted by atomic mass is 10.1. The molecule has 0 saturated heterocycles. The molecule has 0 atom stereocenters. The van der Waals surface area contributed by atoms with Crippen LogP contribution in [0.5, 0.6) is 0 Å². The average Bonchev–Trinajstić information content (AvgIpc) is 2.47. The van der Waals surface area contributed by atoms with E-state index in [-0.39, 0.29) is 5.69 Å². The van der Waals surface area contributed by atoms with Crippen LogP contribution in [0.15, 0.2) is 53.5 Å². The Balaban J connectivity index is 2.30. The first kappa shape index (κ1) is 13.9. The summed E-state index contributed by atoms with van der Waals surface area (Å²) in [5.41, 5.74) is 1.23. The summed E-state index contributed by atoms with van der Waals surface area (Å²) in [5, 5.41) is 0. The van der Waals surface area contributed by atoms with Crippen LogP contribution in [0.4, 0.5) is 10.1 Å². The lowest BCUT2D eigenvalue weighted by Gasteiger charge is -2.04. The van der Waals surface area contributed by atoms with Gasteiger partial charge in [0.2, 0.25) is 0 Å². The van der Waals surface area contributed by atoms with Crippen molar-refractivity contribution in [3.63, 3.8) is 0 Å². The van der Waals surface area contributed by atoms with Crippen LogP contribution in [0.2, 0.25) is 0 Å². The number of rotatable bonds is 4. The number of ether oxygens (including phenoxy) is 1. The number of carbonyl (C=O) groups excluding carboxylic acids is 1. The maximum atomic E-state index is 13.5. The van der Waals surface area contributed by atoms with Gasteiger partial charge in [0.05, 0.1) is 17.9 Å². The molecule has 2 aromatic carbocycles. The molecular weight excluding hydrogens is 257 g/mol. The second-order valence-corrected chi connectivity index (χ2v) is 4.02. The normalized spacial score (nSPS) is 10.7. The number of hydrogen-bond donors (Lipinski definition) is 0. The first-order chi connectivity index (χ1) is 9.72. The van der Waals surface area contributed by atoms with E-state index in [1.807, 2.05) is 0 Å². The number of aliphatic imine (C=N–C) groups is 1. The van der Waals surface area contributed by atoms with Crippen LogP contribution in [0.1, 0.15) is 22.8 Å². The highest BCUT2D eigenvalue weighted by Crippen LogP contribution is 2.17. The van der Waals surface area contributed by atoms with Crippen molar-refractivity contribution < 1.29 is 13.9 Å². The summed E-state index contributed by atoms with van der Waals surface area (Å²) in [6.07, 6.45) is 1.46. The standard InChI is InChI=1S/C16H14FNO2/c1-2-20-16(19)13-8-4-3-7-12(13)11-18-15-10-6-5-9-14(15)17/h3-11H,2H2,1H3. The topological polar surface area (TPSA) is 38.7 Å². The third kappa shape index (κ3) is 3.29. The molecule has 102 valence electrons. The molecule has 0 spiro atoms. The first-order valence-corrected chi connectivity index (χ1v) is 6.27. The fourth-order valence-corrected chi connectivity index (χ4v) is 1.70. The molecule has 0 amide bonds. The van der Waals surface area contributed by atoms with Gasteiger partial charge in [0.25, 0.3) is 0 Å².